The predicted molar refractivity (Wildman–Crippen MR) is 156 cm³/mol. The van der Waals surface area contributed by atoms with Crippen LogP contribution in [0.2, 0.25) is 0 Å². The molecule has 0 aliphatic heterocycles. The highest BCUT2D eigenvalue weighted by Gasteiger charge is 2.24. The lowest BCUT2D eigenvalue weighted by atomic mass is 9.89. The monoisotopic (exact) mass is 593 g/mol. The van der Waals surface area contributed by atoms with E-state index in [1.165, 1.54) is 16.7 Å². The summed E-state index contributed by atoms with van der Waals surface area (Å²) in [7, 11) is -4.15. The van der Waals surface area contributed by atoms with Gasteiger partial charge in [-0.25, -0.2) is 32.1 Å². The molecule has 5 aromatic rings. The minimum Gasteiger partial charge on any atom is -0.336 e. The summed E-state index contributed by atoms with van der Waals surface area (Å²) in [6.45, 7) is 3.90. The molecule has 0 saturated carbocycles. The number of hydrogen-bond donors (Lipinski definition) is 3. The summed E-state index contributed by atoms with van der Waals surface area (Å²) < 4.78 is 54.6. The van der Waals surface area contributed by atoms with E-state index >= 15 is 0 Å². The Hall–Kier alpha value is -4.42. The van der Waals surface area contributed by atoms with E-state index in [1.54, 1.807) is 49.4 Å². The maximum Gasteiger partial charge on any atom is 0.330 e. The van der Waals surface area contributed by atoms with Crippen LogP contribution in [0.15, 0.2) is 75.1 Å². The molecule has 3 aromatic carbocycles. The molecule has 0 spiro atoms. The minimum absolute atomic E-state index is 0.141. The van der Waals surface area contributed by atoms with Gasteiger partial charge < -0.3 is 4.98 Å². The Balaban J connectivity index is 1.64. The lowest BCUT2D eigenvalue weighted by molar-refractivity contribution is 0.591. The Morgan fingerprint density at radius 1 is 1.02 bits per heavy atom. The van der Waals surface area contributed by atoms with Gasteiger partial charge in [-0.15, -0.1) is 0 Å². The van der Waals surface area contributed by atoms with Gasteiger partial charge in [-0.1, -0.05) is 55.8 Å². The molecule has 0 aliphatic carbocycles. The van der Waals surface area contributed by atoms with E-state index in [-0.39, 0.29) is 22.5 Å². The van der Waals surface area contributed by atoms with Gasteiger partial charge in [0.15, 0.2) is 5.65 Å². The van der Waals surface area contributed by atoms with Gasteiger partial charge in [-0.3, -0.25) is 14.3 Å². The van der Waals surface area contributed by atoms with E-state index in [2.05, 4.69) is 15.0 Å². The summed E-state index contributed by atoms with van der Waals surface area (Å²) in [5.74, 6) is -1.35. The van der Waals surface area contributed by atoms with E-state index in [0.29, 0.717) is 46.6 Å². The van der Waals surface area contributed by atoms with Crippen LogP contribution in [-0.2, 0) is 23.0 Å². The minimum atomic E-state index is -4.15. The number of nitrogens with zero attached hydrogens (tertiary/aromatic N) is 2. The van der Waals surface area contributed by atoms with Gasteiger partial charge in [-0.2, -0.15) is 0 Å². The van der Waals surface area contributed by atoms with Gasteiger partial charge in [0.2, 0.25) is 10.0 Å². The molecule has 0 radical (unpaired) electrons. The number of primary sulfonamides is 1. The molecule has 0 fully saturated rings. The van der Waals surface area contributed by atoms with Crippen molar-refractivity contribution >= 4 is 21.2 Å². The van der Waals surface area contributed by atoms with Crippen molar-refractivity contribution in [2.75, 3.05) is 0 Å². The summed E-state index contributed by atoms with van der Waals surface area (Å²) in [6, 6.07) is 15.4. The van der Waals surface area contributed by atoms with Crippen molar-refractivity contribution in [3.05, 3.63) is 116 Å². The predicted octanol–water partition coefficient (Wildman–Crippen LogP) is 4.49. The van der Waals surface area contributed by atoms with Crippen LogP contribution in [0.4, 0.5) is 8.78 Å². The number of fused-ring (bicyclic) bond motifs is 1. The number of rotatable bonds is 9. The average molecular weight is 594 g/mol. The smallest absolute Gasteiger partial charge is 0.330 e. The largest absolute Gasteiger partial charge is 0.336 e. The van der Waals surface area contributed by atoms with Gasteiger partial charge in [0.1, 0.15) is 23.0 Å². The molecule has 0 saturated heterocycles. The first-order chi connectivity index (χ1) is 20.0. The van der Waals surface area contributed by atoms with Crippen molar-refractivity contribution in [1.29, 1.82) is 0 Å². The van der Waals surface area contributed by atoms with Crippen molar-refractivity contribution in [3.63, 3.8) is 0 Å². The van der Waals surface area contributed by atoms with Crippen LogP contribution in [0.25, 0.3) is 22.3 Å². The fourth-order valence-electron chi connectivity index (χ4n) is 5.15. The number of aromatic nitrogens is 4. The second kappa shape index (κ2) is 11.5. The van der Waals surface area contributed by atoms with Crippen molar-refractivity contribution in [3.8, 4) is 11.1 Å². The second-order valence-electron chi connectivity index (χ2n) is 10.2. The SMILES string of the molecule is CCCCn1c(=O)[nH]c(=O)c2[nH]c(C(Cc3ccccc3F)c3ccc(-c4cc(F)cc(S(N)(=O)=O)c4C)cc3)nc21. The molecular formula is C30H29F2N5O4S. The fraction of sp³-hybridized carbons (Fsp3) is 0.233. The van der Waals surface area contributed by atoms with Crippen LogP contribution in [0.3, 0.4) is 0 Å². The zero-order valence-corrected chi connectivity index (χ0v) is 23.8. The molecule has 2 aromatic heterocycles. The molecule has 4 N–H and O–H groups in total. The van der Waals surface area contributed by atoms with Gasteiger partial charge in [-0.05, 0) is 65.8 Å². The van der Waals surface area contributed by atoms with Crippen LogP contribution < -0.4 is 16.4 Å². The molecular weight excluding hydrogens is 564 g/mol. The van der Waals surface area contributed by atoms with Crippen LogP contribution in [0.1, 0.15) is 48.2 Å². The van der Waals surface area contributed by atoms with E-state index in [9.17, 15) is 26.8 Å². The molecule has 42 heavy (non-hydrogen) atoms. The van der Waals surface area contributed by atoms with Gasteiger partial charge in [0.05, 0.1) is 4.90 Å². The van der Waals surface area contributed by atoms with E-state index < -0.39 is 38.8 Å². The Kier molecular flexibility index (Phi) is 7.93. The summed E-state index contributed by atoms with van der Waals surface area (Å²) in [5.41, 5.74) is 1.51. The quantitative estimate of drug-likeness (QED) is 0.231. The van der Waals surface area contributed by atoms with Crippen molar-refractivity contribution < 1.29 is 17.2 Å². The number of aromatic amines is 2. The van der Waals surface area contributed by atoms with Crippen LogP contribution in [0, 0.1) is 18.6 Å². The first-order valence-corrected chi connectivity index (χ1v) is 14.9. The number of nitrogens with one attached hydrogen (secondary N) is 2. The number of aryl methyl sites for hydroxylation is 1. The molecule has 5 rings (SSSR count). The highest BCUT2D eigenvalue weighted by Crippen LogP contribution is 2.33. The van der Waals surface area contributed by atoms with E-state index in [0.717, 1.165) is 12.5 Å². The van der Waals surface area contributed by atoms with Crippen LogP contribution in [0.5, 0.6) is 0 Å². The number of hydrogen-bond acceptors (Lipinski definition) is 5. The molecule has 9 nitrogen and oxygen atoms in total. The van der Waals surface area contributed by atoms with Gasteiger partial charge in [0, 0.05) is 12.5 Å². The van der Waals surface area contributed by atoms with E-state index in [4.69, 9.17) is 5.14 Å². The molecule has 0 bridgehead atoms. The molecule has 0 amide bonds. The molecule has 218 valence electrons. The highest BCUT2D eigenvalue weighted by molar-refractivity contribution is 7.89. The summed E-state index contributed by atoms with van der Waals surface area (Å²) in [6.07, 6.45) is 1.71. The third kappa shape index (κ3) is 5.68. The standard InChI is InChI=1S/C30H29F2N5O4S/c1-3-4-13-37-28-26(29(38)36-30(37)39)34-27(35-28)23(14-20-7-5-6-8-24(20)32)19-11-9-18(10-12-19)22-15-21(31)16-25(17(22)2)42(33,40)41/h5-12,15-16,23H,3-4,13-14H2,1-2H3,(H,34,35)(H2,33,40,41)(H,36,38,39). The highest BCUT2D eigenvalue weighted by atomic mass is 32.2. The Morgan fingerprint density at radius 2 is 1.74 bits per heavy atom. The third-order valence-electron chi connectivity index (χ3n) is 7.35. The topological polar surface area (TPSA) is 144 Å². The lowest BCUT2D eigenvalue weighted by Crippen LogP contribution is -2.30. The van der Waals surface area contributed by atoms with Crippen LogP contribution in [-0.4, -0.2) is 27.9 Å². The second-order valence-corrected chi connectivity index (χ2v) is 11.7. The zero-order chi connectivity index (χ0) is 30.2. The first-order valence-electron chi connectivity index (χ1n) is 13.4. The van der Waals surface area contributed by atoms with Crippen molar-refractivity contribution in [2.24, 2.45) is 5.14 Å². The lowest BCUT2D eigenvalue weighted by Gasteiger charge is -2.17. The van der Waals surface area contributed by atoms with Gasteiger partial charge in [0.25, 0.3) is 5.56 Å². The number of unbranched alkanes of at least 4 members (excludes halogenated alkanes) is 1. The molecule has 1 atom stereocenters. The Labute approximate surface area is 240 Å². The van der Waals surface area contributed by atoms with Crippen molar-refractivity contribution in [2.45, 2.75) is 50.5 Å². The maximum absolute atomic E-state index is 14.8. The number of imidazole rings is 1. The Bertz CT molecular complexity index is 2010. The molecule has 2 heterocycles. The summed E-state index contributed by atoms with van der Waals surface area (Å²) in [4.78, 5) is 35.0. The Morgan fingerprint density at radius 3 is 2.40 bits per heavy atom. The molecule has 1 unspecified atom stereocenters. The number of sulfonamides is 1. The normalized spacial score (nSPS) is 12.6. The maximum atomic E-state index is 14.8. The molecule has 0 aliphatic rings. The number of halogens is 2. The van der Waals surface area contributed by atoms with E-state index in [1.807, 2.05) is 6.92 Å². The summed E-state index contributed by atoms with van der Waals surface area (Å²) in [5, 5.41) is 5.30. The van der Waals surface area contributed by atoms with Gasteiger partial charge >= 0.3 is 5.69 Å². The number of benzene rings is 3. The first kappa shape index (κ1) is 29.1. The van der Waals surface area contributed by atoms with Crippen molar-refractivity contribution in [1.82, 2.24) is 19.5 Å². The summed E-state index contributed by atoms with van der Waals surface area (Å²) >= 11 is 0. The fourth-order valence-corrected chi connectivity index (χ4v) is 5.96. The zero-order valence-electron chi connectivity index (χ0n) is 22.9. The number of nitrogens with two attached hydrogens (primary N) is 1. The molecule has 12 heteroatoms. The number of H-pyrrole nitrogens is 2. The van der Waals surface area contributed by atoms with Crippen LogP contribution >= 0.6 is 0 Å². The third-order valence-corrected chi connectivity index (χ3v) is 8.39. The average Bonchev–Trinajstić information content (AvgIpc) is 3.39.